The first-order valence-corrected chi connectivity index (χ1v) is 7.68. The average Bonchev–Trinajstić information content (AvgIpc) is 2.55. The molecule has 0 aromatic heterocycles. The highest BCUT2D eigenvalue weighted by molar-refractivity contribution is 5.87. The summed E-state index contributed by atoms with van der Waals surface area (Å²) in [6.07, 6.45) is 7.04. The van der Waals surface area contributed by atoms with Crippen molar-refractivity contribution in [2.75, 3.05) is 6.61 Å². The monoisotopic (exact) mass is 288 g/mol. The number of benzene rings is 1. The first kappa shape index (κ1) is 19.2. The number of unbranched alkanes of at least 4 members (excludes halogenated alkanes) is 3. The molecule has 0 heterocycles. The van der Waals surface area contributed by atoms with Gasteiger partial charge in [-0.25, -0.2) is 4.79 Å². The summed E-state index contributed by atoms with van der Waals surface area (Å²) in [4.78, 5) is 11.1. The minimum atomic E-state index is -0.237. The molecule has 0 radical (unpaired) electrons. The van der Waals surface area contributed by atoms with E-state index in [2.05, 4.69) is 20.1 Å². The summed E-state index contributed by atoms with van der Waals surface area (Å²) in [5, 5.41) is 0. The number of hydrogen-bond acceptors (Lipinski definition) is 2. The maximum atomic E-state index is 11.1. The fourth-order valence-electron chi connectivity index (χ4n) is 1.53. The predicted octanol–water partition coefficient (Wildman–Crippen LogP) is 5.41. The van der Waals surface area contributed by atoms with E-state index in [9.17, 15) is 4.79 Å². The number of esters is 1. The third-order valence-corrected chi connectivity index (χ3v) is 2.98. The van der Waals surface area contributed by atoms with Crippen molar-refractivity contribution in [2.24, 2.45) is 0 Å². The van der Waals surface area contributed by atoms with E-state index in [4.69, 9.17) is 4.74 Å². The van der Waals surface area contributed by atoms with Crippen LogP contribution < -0.4 is 0 Å². The van der Waals surface area contributed by atoms with E-state index in [1.165, 1.54) is 18.4 Å². The van der Waals surface area contributed by atoms with Crippen LogP contribution in [0.3, 0.4) is 0 Å². The first-order valence-electron chi connectivity index (χ1n) is 7.68. The third-order valence-electron chi connectivity index (χ3n) is 2.98. The van der Waals surface area contributed by atoms with Crippen molar-refractivity contribution in [2.45, 2.75) is 46.0 Å². The van der Waals surface area contributed by atoms with Crippen LogP contribution in [0.2, 0.25) is 0 Å². The Kier molecular flexibility index (Phi) is 12.0. The second-order valence-corrected chi connectivity index (χ2v) is 4.77. The van der Waals surface area contributed by atoms with Crippen LogP contribution in [0.15, 0.2) is 49.1 Å². The Morgan fingerprint density at radius 2 is 1.81 bits per heavy atom. The number of ether oxygens (including phenoxy) is 1. The van der Waals surface area contributed by atoms with Gasteiger partial charge in [-0.05, 0) is 18.4 Å². The fraction of sp³-hybridized carbons (Fsp3) is 0.421. The fourth-order valence-corrected chi connectivity index (χ4v) is 1.53. The van der Waals surface area contributed by atoms with Crippen LogP contribution in [0.1, 0.15) is 51.5 Å². The lowest BCUT2D eigenvalue weighted by Gasteiger charge is -2.04. The van der Waals surface area contributed by atoms with Crippen molar-refractivity contribution in [3.8, 4) is 0 Å². The summed E-state index contributed by atoms with van der Waals surface area (Å²) >= 11 is 0. The predicted molar refractivity (Wildman–Crippen MR) is 91.1 cm³/mol. The Morgan fingerprint density at radius 1 is 1.14 bits per heavy atom. The molecule has 2 heteroatoms. The molecule has 0 fully saturated rings. The zero-order valence-corrected chi connectivity index (χ0v) is 13.4. The van der Waals surface area contributed by atoms with E-state index in [0.29, 0.717) is 18.6 Å². The quantitative estimate of drug-likeness (QED) is 0.363. The van der Waals surface area contributed by atoms with Crippen molar-refractivity contribution in [3.05, 3.63) is 54.6 Å². The van der Waals surface area contributed by atoms with Gasteiger partial charge in [0.1, 0.15) is 0 Å². The molecule has 0 aliphatic heterocycles. The van der Waals surface area contributed by atoms with E-state index >= 15 is 0 Å². The molecule has 0 spiro atoms. The summed E-state index contributed by atoms with van der Waals surface area (Å²) < 4.78 is 5.00. The van der Waals surface area contributed by atoms with Crippen LogP contribution in [-0.2, 0) is 9.53 Å². The molecule has 0 bridgehead atoms. The summed E-state index contributed by atoms with van der Waals surface area (Å²) in [5.74, 6) is -0.237. The summed E-state index contributed by atoms with van der Waals surface area (Å²) in [5.41, 5.74) is 1.74. The molecule has 0 saturated heterocycles. The molecule has 0 amide bonds. The molecule has 0 unspecified atom stereocenters. The number of carbonyl (C=O) groups is 1. The van der Waals surface area contributed by atoms with Gasteiger partial charge in [-0.2, -0.15) is 0 Å². The SMILES string of the molecule is C=C(CC)C(=O)OCCCCCC.C=Cc1ccccc1. The van der Waals surface area contributed by atoms with Crippen molar-refractivity contribution in [3.63, 3.8) is 0 Å². The zero-order valence-electron chi connectivity index (χ0n) is 13.4. The standard InChI is InChI=1S/C11H20O2.C8H8/c1-4-6-7-8-9-13-11(12)10(3)5-2;1-2-8-6-4-3-5-7-8/h3-9H2,1-2H3;2-7H,1H2. The molecular formula is C19H28O2. The van der Waals surface area contributed by atoms with E-state index in [0.717, 1.165) is 12.8 Å². The molecule has 116 valence electrons. The molecule has 1 rings (SSSR count). The van der Waals surface area contributed by atoms with Gasteiger partial charge in [0, 0.05) is 5.57 Å². The lowest BCUT2D eigenvalue weighted by Crippen LogP contribution is -2.07. The Morgan fingerprint density at radius 3 is 2.29 bits per heavy atom. The van der Waals surface area contributed by atoms with E-state index < -0.39 is 0 Å². The highest BCUT2D eigenvalue weighted by Gasteiger charge is 2.04. The van der Waals surface area contributed by atoms with Crippen LogP contribution in [0, 0.1) is 0 Å². The van der Waals surface area contributed by atoms with Gasteiger partial charge in [0.2, 0.25) is 0 Å². The molecule has 0 N–H and O–H groups in total. The van der Waals surface area contributed by atoms with Crippen LogP contribution >= 0.6 is 0 Å². The lowest BCUT2D eigenvalue weighted by molar-refractivity contribution is -0.139. The summed E-state index contributed by atoms with van der Waals surface area (Å²) in [6.45, 7) is 11.8. The minimum Gasteiger partial charge on any atom is -0.462 e. The molecule has 0 saturated carbocycles. The summed E-state index contributed by atoms with van der Waals surface area (Å²) in [6, 6.07) is 10.0. The highest BCUT2D eigenvalue weighted by atomic mass is 16.5. The average molecular weight is 288 g/mol. The van der Waals surface area contributed by atoms with Gasteiger partial charge in [0.25, 0.3) is 0 Å². The minimum absolute atomic E-state index is 0.237. The van der Waals surface area contributed by atoms with Crippen LogP contribution in [0.4, 0.5) is 0 Å². The second kappa shape index (κ2) is 13.2. The van der Waals surface area contributed by atoms with Gasteiger partial charge in [-0.15, -0.1) is 0 Å². The van der Waals surface area contributed by atoms with Gasteiger partial charge >= 0.3 is 5.97 Å². The van der Waals surface area contributed by atoms with Gasteiger partial charge in [-0.3, -0.25) is 0 Å². The first-order chi connectivity index (χ1) is 10.2. The smallest absolute Gasteiger partial charge is 0.333 e. The molecule has 0 atom stereocenters. The van der Waals surface area contributed by atoms with E-state index in [-0.39, 0.29) is 5.97 Å². The van der Waals surface area contributed by atoms with Crippen molar-refractivity contribution in [1.29, 1.82) is 0 Å². The van der Waals surface area contributed by atoms with Crippen LogP contribution in [0.5, 0.6) is 0 Å². The normalized spacial score (nSPS) is 9.24. The van der Waals surface area contributed by atoms with E-state index in [1.807, 2.05) is 43.3 Å². The molecule has 1 aromatic rings. The molecular weight excluding hydrogens is 260 g/mol. The van der Waals surface area contributed by atoms with Crippen molar-refractivity contribution >= 4 is 12.0 Å². The van der Waals surface area contributed by atoms with Gasteiger partial charge in [0.05, 0.1) is 6.61 Å². The Labute approximate surface area is 129 Å². The number of carbonyl (C=O) groups excluding carboxylic acids is 1. The Balaban J connectivity index is 0.000000423. The van der Waals surface area contributed by atoms with Gasteiger partial charge in [0.15, 0.2) is 0 Å². The molecule has 2 nitrogen and oxygen atoms in total. The topological polar surface area (TPSA) is 26.3 Å². The Hall–Kier alpha value is -1.83. The third kappa shape index (κ3) is 10.6. The second-order valence-electron chi connectivity index (χ2n) is 4.77. The highest BCUT2D eigenvalue weighted by Crippen LogP contribution is 2.03. The van der Waals surface area contributed by atoms with Crippen molar-refractivity contribution < 1.29 is 9.53 Å². The van der Waals surface area contributed by atoms with Gasteiger partial charge < -0.3 is 4.74 Å². The Bertz CT molecular complexity index is 407. The number of hydrogen-bond donors (Lipinski definition) is 0. The molecule has 21 heavy (non-hydrogen) atoms. The maximum absolute atomic E-state index is 11.1. The van der Waals surface area contributed by atoms with Crippen LogP contribution in [0.25, 0.3) is 6.08 Å². The molecule has 0 aliphatic rings. The molecule has 1 aromatic carbocycles. The van der Waals surface area contributed by atoms with Crippen molar-refractivity contribution in [1.82, 2.24) is 0 Å². The zero-order chi connectivity index (χ0) is 15.9. The lowest BCUT2D eigenvalue weighted by atomic mass is 10.2. The van der Waals surface area contributed by atoms with E-state index in [1.54, 1.807) is 0 Å². The number of rotatable bonds is 8. The maximum Gasteiger partial charge on any atom is 0.333 e. The largest absolute Gasteiger partial charge is 0.462 e. The summed E-state index contributed by atoms with van der Waals surface area (Å²) in [7, 11) is 0. The van der Waals surface area contributed by atoms with Crippen LogP contribution in [-0.4, -0.2) is 12.6 Å². The molecule has 0 aliphatic carbocycles. The van der Waals surface area contributed by atoms with Gasteiger partial charge in [-0.1, -0.05) is 82.7 Å².